The van der Waals surface area contributed by atoms with Crippen molar-refractivity contribution in [2.75, 3.05) is 19.8 Å². The summed E-state index contributed by atoms with van der Waals surface area (Å²) in [5, 5.41) is 0. The maximum atomic E-state index is 11.9. The predicted octanol–water partition coefficient (Wildman–Crippen LogP) is 1.88. The van der Waals surface area contributed by atoms with Gasteiger partial charge in [-0.05, 0) is 18.2 Å². The van der Waals surface area contributed by atoms with Gasteiger partial charge in [0.25, 0.3) is 6.43 Å². The zero-order valence-electron chi connectivity index (χ0n) is 8.82. The van der Waals surface area contributed by atoms with E-state index in [9.17, 15) is 13.6 Å². The molecule has 0 unspecified atom stereocenters. The molecule has 1 aliphatic heterocycles. The molecule has 17 heavy (non-hydrogen) atoms. The molecule has 1 aliphatic rings. The van der Waals surface area contributed by atoms with Crippen LogP contribution in [0.2, 0.25) is 0 Å². The fraction of sp³-hybridized carbons (Fsp3) is 0.364. The maximum absolute atomic E-state index is 11.9. The quantitative estimate of drug-likeness (QED) is 0.761. The van der Waals surface area contributed by atoms with E-state index in [1.165, 1.54) is 12.1 Å². The summed E-state index contributed by atoms with van der Waals surface area (Å²) >= 11 is 0. The Hall–Kier alpha value is -1.85. The summed E-state index contributed by atoms with van der Waals surface area (Å²) in [6.07, 6.45) is -2.67. The van der Waals surface area contributed by atoms with Gasteiger partial charge < -0.3 is 14.2 Å². The van der Waals surface area contributed by atoms with E-state index in [-0.39, 0.29) is 5.56 Å². The van der Waals surface area contributed by atoms with Crippen molar-refractivity contribution in [1.29, 1.82) is 0 Å². The summed E-state index contributed by atoms with van der Waals surface area (Å²) in [4.78, 5) is 11.4. The average Bonchev–Trinajstić information content (AvgIpc) is 2.35. The first-order valence-electron chi connectivity index (χ1n) is 5.02. The van der Waals surface area contributed by atoms with Crippen molar-refractivity contribution in [3.63, 3.8) is 0 Å². The van der Waals surface area contributed by atoms with Crippen molar-refractivity contribution in [1.82, 2.24) is 0 Å². The van der Waals surface area contributed by atoms with Gasteiger partial charge in [0.05, 0.1) is 5.56 Å². The van der Waals surface area contributed by atoms with Crippen molar-refractivity contribution >= 4 is 5.97 Å². The molecule has 0 saturated heterocycles. The zero-order valence-corrected chi connectivity index (χ0v) is 8.82. The largest absolute Gasteiger partial charge is 0.486 e. The van der Waals surface area contributed by atoms with Crippen LogP contribution in [0.15, 0.2) is 18.2 Å². The van der Waals surface area contributed by atoms with Crippen LogP contribution in [0.1, 0.15) is 10.4 Å². The van der Waals surface area contributed by atoms with Gasteiger partial charge in [0.2, 0.25) is 0 Å². The van der Waals surface area contributed by atoms with Crippen LogP contribution in [0, 0.1) is 0 Å². The van der Waals surface area contributed by atoms with Crippen molar-refractivity contribution in [3.05, 3.63) is 23.8 Å². The first-order valence-corrected chi connectivity index (χ1v) is 5.02. The molecule has 0 amide bonds. The molecule has 1 aromatic carbocycles. The Morgan fingerprint density at radius 3 is 2.71 bits per heavy atom. The molecule has 0 spiro atoms. The molecule has 0 radical (unpaired) electrons. The summed E-state index contributed by atoms with van der Waals surface area (Å²) in [7, 11) is 0. The highest BCUT2D eigenvalue weighted by atomic mass is 19.3. The molecule has 0 aliphatic carbocycles. The number of benzene rings is 1. The number of esters is 1. The summed E-state index contributed by atoms with van der Waals surface area (Å²) < 4.78 is 38.6. The average molecular weight is 244 g/mol. The highest BCUT2D eigenvalue weighted by molar-refractivity contribution is 5.90. The molecule has 1 heterocycles. The van der Waals surface area contributed by atoms with Crippen LogP contribution >= 0.6 is 0 Å². The van der Waals surface area contributed by atoms with Crippen LogP contribution in [0.4, 0.5) is 8.78 Å². The lowest BCUT2D eigenvalue weighted by Gasteiger charge is -2.18. The van der Waals surface area contributed by atoms with Gasteiger partial charge in [-0.25, -0.2) is 13.6 Å². The third-order valence-corrected chi connectivity index (χ3v) is 2.12. The van der Waals surface area contributed by atoms with Gasteiger partial charge in [-0.2, -0.15) is 0 Å². The van der Waals surface area contributed by atoms with E-state index in [2.05, 4.69) is 4.74 Å². The fourth-order valence-electron chi connectivity index (χ4n) is 1.39. The van der Waals surface area contributed by atoms with E-state index < -0.39 is 19.0 Å². The Labute approximate surface area is 96.1 Å². The first-order chi connectivity index (χ1) is 8.16. The van der Waals surface area contributed by atoms with Gasteiger partial charge in [-0.3, -0.25) is 0 Å². The number of hydrogen-bond donors (Lipinski definition) is 0. The highest BCUT2D eigenvalue weighted by Crippen LogP contribution is 2.30. The summed E-state index contributed by atoms with van der Waals surface area (Å²) in [5.41, 5.74) is 0.162. The number of carbonyl (C=O) groups is 1. The third kappa shape index (κ3) is 2.83. The second-order valence-corrected chi connectivity index (χ2v) is 3.35. The zero-order chi connectivity index (χ0) is 12.3. The molecular formula is C11H10F2O4. The number of hydrogen-bond acceptors (Lipinski definition) is 4. The molecule has 0 aromatic heterocycles. The van der Waals surface area contributed by atoms with E-state index in [1.54, 1.807) is 6.07 Å². The number of alkyl halides is 2. The second-order valence-electron chi connectivity index (χ2n) is 3.35. The van der Waals surface area contributed by atoms with Gasteiger partial charge in [-0.15, -0.1) is 0 Å². The number of ether oxygens (including phenoxy) is 3. The molecule has 4 nitrogen and oxygen atoms in total. The van der Waals surface area contributed by atoms with E-state index >= 15 is 0 Å². The minimum absolute atomic E-state index is 0.162. The van der Waals surface area contributed by atoms with E-state index in [4.69, 9.17) is 9.47 Å². The topological polar surface area (TPSA) is 44.8 Å². The van der Waals surface area contributed by atoms with Crippen LogP contribution in [0.25, 0.3) is 0 Å². The number of rotatable bonds is 3. The van der Waals surface area contributed by atoms with Crippen molar-refractivity contribution in [3.8, 4) is 11.5 Å². The maximum Gasteiger partial charge on any atom is 0.338 e. The lowest BCUT2D eigenvalue weighted by molar-refractivity contribution is 0.0159. The monoisotopic (exact) mass is 244 g/mol. The molecule has 0 bridgehead atoms. The summed E-state index contributed by atoms with van der Waals surface area (Å²) in [5.74, 6) is 0.145. The minimum Gasteiger partial charge on any atom is -0.486 e. The van der Waals surface area contributed by atoms with Crippen LogP contribution in [0.3, 0.4) is 0 Å². The van der Waals surface area contributed by atoms with E-state index in [0.717, 1.165) is 0 Å². The lowest BCUT2D eigenvalue weighted by Crippen LogP contribution is -2.16. The molecular weight excluding hydrogens is 234 g/mol. The van der Waals surface area contributed by atoms with Crippen LogP contribution in [-0.2, 0) is 4.74 Å². The third-order valence-electron chi connectivity index (χ3n) is 2.12. The number of fused-ring (bicyclic) bond motifs is 1. The Balaban J connectivity index is 2.08. The fourth-order valence-corrected chi connectivity index (χ4v) is 1.39. The van der Waals surface area contributed by atoms with E-state index in [0.29, 0.717) is 24.7 Å². The molecule has 92 valence electrons. The SMILES string of the molecule is O=C(OCC(F)F)c1ccc2c(c1)OCCO2. The van der Waals surface area contributed by atoms with E-state index in [1.807, 2.05) is 0 Å². The van der Waals surface area contributed by atoms with Crippen molar-refractivity contribution < 1.29 is 27.8 Å². The highest BCUT2D eigenvalue weighted by Gasteiger charge is 2.16. The molecule has 1 aromatic rings. The van der Waals surface area contributed by atoms with Crippen LogP contribution in [-0.4, -0.2) is 32.2 Å². The van der Waals surface area contributed by atoms with Crippen LogP contribution in [0.5, 0.6) is 11.5 Å². The Bertz CT molecular complexity index is 420. The molecule has 0 saturated carbocycles. The van der Waals surface area contributed by atoms with Crippen LogP contribution < -0.4 is 9.47 Å². The van der Waals surface area contributed by atoms with Gasteiger partial charge in [-0.1, -0.05) is 0 Å². The first kappa shape index (κ1) is 11.6. The van der Waals surface area contributed by atoms with Gasteiger partial charge in [0, 0.05) is 0 Å². The summed E-state index contributed by atoms with van der Waals surface area (Å²) in [6, 6.07) is 4.41. The minimum atomic E-state index is -2.67. The van der Waals surface area contributed by atoms with Gasteiger partial charge >= 0.3 is 5.97 Å². The number of carbonyl (C=O) groups excluding carboxylic acids is 1. The summed E-state index contributed by atoms with van der Waals surface area (Å²) in [6.45, 7) is -0.0714. The molecule has 0 fully saturated rings. The van der Waals surface area contributed by atoms with Crippen molar-refractivity contribution in [2.24, 2.45) is 0 Å². The lowest BCUT2D eigenvalue weighted by atomic mass is 10.2. The van der Waals surface area contributed by atoms with Gasteiger partial charge in [0.15, 0.2) is 18.1 Å². The molecule has 0 N–H and O–H groups in total. The standard InChI is InChI=1S/C11H10F2O4/c12-10(13)6-17-11(14)7-1-2-8-9(5-7)16-4-3-15-8/h1-2,5,10H,3-4,6H2. The van der Waals surface area contributed by atoms with Crippen molar-refractivity contribution in [2.45, 2.75) is 6.43 Å². The number of halogens is 2. The molecule has 0 atom stereocenters. The molecule has 2 rings (SSSR count). The smallest absolute Gasteiger partial charge is 0.338 e. The normalized spacial score (nSPS) is 13.6. The Morgan fingerprint density at radius 1 is 1.29 bits per heavy atom. The molecule has 6 heteroatoms. The predicted molar refractivity (Wildman–Crippen MR) is 53.7 cm³/mol. The second kappa shape index (κ2) is 4.99. The van der Waals surface area contributed by atoms with Gasteiger partial charge in [0.1, 0.15) is 13.2 Å². The Morgan fingerprint density at radius 2 is 2.00 bits per heavy atom. The Kier molecular flexibility index (Phi) is 3.41.